The van der Waals surface area contributed by atoms with Crippen LogP contribution >= 0.6 is 0 Å². The van der Waals surface area contributed by atoms with E-state index in [1.54, 1.807) is 13.2 Å². The monoisotopic (exact) mass is 288 g/mol. The molecule has 0 aliphatic rings. The molecule has 2 aromatic rings. The van der Waals surface area contributed by atoms with Crippen LogP contribution in [0, 0.1) is 13.8 Å². The van der Waals surface area contributed by atoms with E-state index in [1.807, 2.05) is 39.8 Å². The zero-order valence-electron chi connectivity index (χ0n) is 13.0. The molecular formula is C16H20N2O3. The van der Waals surface area contributed by atoms with Gasteiger partial charge >= 0.3 is 5.97 Å². The van der Waals surface area contributed by atoms with E-state index >= 15 is 0 Å². The third kappa shape index (κ3) is 2.77. The fourth-order valence-electron chi connectivity index (χ4n) is 2.24. The van der Waals surface area contributed by atoms with E-state index in [1.165, 1.54) is 4.68 Å². The molecule has 0 saturated heterocycles. The minimum atomic E-state index is -0.981. The molecule has 5 heteroatoms. The van der Waals surface area contributed by atoms with E-state index in [0.29, 0.717) is 11.4 Å². The van der Waals surface area contributed by atoms with Crippen molar-refractivity contribution in [2.75, 3.05) is 7.11 Å². The van der Waals surface area contributed by atoms with Crippen LogP contribution in [0.3, 0.4) is 0 Å². The summed E-state index contributed by atoms with van der Waals surface area (Å²) in [7, 11) is 1.60. The van der Waals surface area contributed by atoms with Gasteiger partial charge in [-0.25, -0.2) is 4.79 Å². The van der Waals surface area contributed by atoms with Gasteiger partial charge in [0.1, 0.15) is 11.4 Å². The lowest BCUT2D eigenvalue weighted by Gasteiger charge is -2.10. The smallest absolute Gasteiger partial charge is 0.354 e. The van der Waals surface area contributed by atoms with Gasteiger partial charge in [0.25, 0.3) is 0 Å². The van der Waals surface area contributed by atoms with Crippen LogP contribution in [0.4, 0.5) is 0 Å². The van der Waals surface area contributed by atoms with E-state index in [9.17, 15) is 9.90 Å². The molecule has 2 rings (SSSR count). The molecule has 0 unspecified atom stereocenters. The van der Waals surface area contributed by atoms with Crippen molar-refractivity contribution in [3.63, 3.8) is 0 Å². The molecule has 1 heterocycles. The summed E-state index contributed by atoms with van der Waals surface area (Å²) in [5.41, 5.74) is 3.84. The van der Waals surface area contributed by atoms with E-state index in [-0.39, 0.29) is 11.7 Å². The summed E-state index contributed by atoms with van der Waals surface area (Å²) >= 11 is 0. The predicted molar refractivity (Wildman–Crippen MR) is 81.0 cm³/mol. The van der Waals surface area contributed by atoms with Crippen LogP contribution < -0.4 is 4.74 Å². The van der Waals surface area contributed by atoms with Gasteiger partial charge in [-0.05, 0) is 57.0 Å². The number of hydrogen-bond acceptors (Lipinski definition) is 3. The van der Waals surface area contributed by atoms with Crippen LogP contribution in [0.15, 0.2) is 18.2 Å². The summed E-state index contributed by atoms with van der Waals surface area (Å²) in [5.74, 6) is -0.284. The normalized spacial score (nSPS) is 11.0. The van der Waals surface area contributed by atoms with E-state index in [2.05, 4.69) is 5.10 Å². The first-order chi connectivity index (χ1) is 9.85. The molecule has 21 heavy (non-hydrogen) atoms. The van der Waals surface area contributed by atoms with Gasteiger partial charge < -0.3 is 9.84 Å². The highest BCUT2D eigenvalue weighted by Gasteiger charge is 2.19. The molecule has 1 N–H and O–H groups in total. The molecule has 1 aromatic carbocycles. The Morgan fingerprint density at radius 3 is 2.33 bits per heavy atom. The highest BCUT2D eigenvalue weighted by Crippen LogP contribution is 2.32. The summed E-state index contributed by atoms with van der Waals surface area (Å²) < 4.78 is 6.93. The highest BCUT2D eigenvalue weighted by atomic mass is 16.5. The summed E-state index contributed by atoms with van der Waals surface area (Å²) in [6.07, 6.45) is 0. The lowest BCUT2D eigenvalue weighted by Crippen LogP contribution is -2.11. The average Bonchev–Trinajstić information content (AvgIpc) is 2.86. The van der Waals surface area contributed by atoms with Crippen LogP contribution in [0.1, 0.15) is 41.5 Å². The number of benzene rings is 1. The fraction of sp³-hybridized carbons (Fsp3) is 0.375. The Bertz CT molecular complexity index is 687. The van der Waals surface area contributed by atoms with Gasteiger partial charge in [0.15, 0.2) is 0 Å². The molecule has 112 valence electrons. The maximum absolute atomic E-state index is 11.4. The third-order valence-corrected chi connectivity index (χ3v) is 3.54. The largest absolute Gasteiger partial charge is 0.496 e. The van der Waals surface area contributed by atoms with Crippen molar-refractivity contribution in [3.8, 4) is 17.0 Å². The molecule has 0 atom stereocenters. The quantitative estimate of drug-likeness (QED) is 0.935. The first-order valence-corrected chi connectivity index (χ1v) is 6.83. The van der Waals surface area contributed by atoms with Crippen molar-refractivity contribution < 1.29 is 14.6 Å². The van der Waals surface area contributed by atoms with Crippen LogP contribution in [0.2, 0.25) is 0 Å². The number of aromatic carboxylic acids is 1. The molecule has 1 aromatic heterocycles. The van der Waals surface area contributed by atoms with Gasteiger partial charge in [-0.15, -0.1) is 0 Å². The lowest BCUT2D eigenvalue weighted by molar-refractivity contribution is 0.0681. The second-order valence-corrected chi connectivity index (χ2v) is 5.40. The number of ether oxygens (including phenoxy) is 1. The number of methoxy groups -OCH3 is 1. The third-order valence-electron chi connectivity index (χ3n) is 3.54. The molecule has 0 fully saturated rings. The van der Waals surface area contributed by atoms with Crippen molar-refractivity contribution in [2.24, 2.45) is 0 Å². The van der Waals surface area contributed by atoms with Gasteiger partial charge in [0, 0.05) is 11.6 Å². The van der Waals surface area contributed by atoms with E-state index in [4.69, 9.17) is 4.74 Å². The second kappa shape index (κ2) is 5.60. The summed E-state index contributed by atoms with van der Waals surface area (Å²) in [4.78, 5) is 11.4. The summed E-state index contributed by atoms with van der Waals surface area (Å²) in [6, 6.07) is 5.49. The number of carboxylic acids is 1. The number of hydrogen-bond donors (Lipinski definition) is 1. The molecule has 5 nitrogen and oxygen atoms in total. The predicted octanol–water partition coefficient (Wildman–Crippen LogP) is 3.45. The maximum atomic E-state index is 11.4. The Balaban J connectivity index is 2.65. The number of aryl methyl sites for hydroxylation is 2. The zero-order valence-corrected chi connectivity index (χ0v) is 13.0. The fourth-order valence-corrected chi connectivity index (χ4v) is 2.24. The zero-order chi connectivity index (χ0) is 15.7. The van der Waals surface area contributed by atoms with Crippen molar-refractivity contribution in [1.82, 2.24) is 9.78 Å². The summed E-state index contributed by atoms with van der Waals surface area (Å²) in [6.45, 7) is 7.83. The standard InChI is InChI=1S/C16H20N2O3/c1-9(2)18-14(16(19)20)8-13(17-18)12-6-10(3)11(4)7-15(12)21-5/h6-9H,1-5H3,(H,19,20). The number of nitrogens with zero attached hydrogens (tertiary/aromatic N) is 2. The molecule has 0 spiro atoms. The van der Waals surface area contributed by atoms with Gasteiger partial charge in [0.05, 0.1) is 12.8 Å². The SMILES string of the molecule is COc1cc(C)c(C)cc1-c1cc(C(=O)O)n(C(C)C)n1. The Labute approximate surface area is 124 Å². The van der Waals surface area contributed by atoms with Crippen LogP contribution in [0.25, 0.3) is 11.3 Å². The van der Waals surface area contributed by atoms with Gasteiger partial charge in [-0.2, -0.15) is 5.10 Å². The van der Waals surface area contributed by atoms with Crippen molar-refractivity contribution in [3.05, 3.63) is 35.0 Å². The van der Waals surface area contributed by atoms with Gasteiger partial charge in [0.2, 0.25) is 0 Å². The molecule has 0 bridgehead atoms. The van der Waals surface area contributed by atoms with Gasteiger partial charge in [-0.1, -0.05) is 0 Å². The minimum Gasteiger partial charge on any atom is -0.496 e. The number of rotatable bonds is 4. The molecule has 0 radical (unpaired) electrons. The van der Waals surface area contributed by atoms with Crippen LogP contribution in [-0.4, -0.2) is 28.0 Å². The second-order valence-electron chi connectivity index (χ2n) is 5.40. The first-order valence-electron chi connectivity index (χ1n) is 6.83. The van der Waals surface area contributed by atoms with Crippen molar-refractivity contribution in [1.29, 1.82) is 0 Å². The molecule has 0 amide bonds. The average molecular weight is 288 g/mol. The lowest BCUT2D eigenvalue weighted by atomic mass is 10.0. The van der Waals surface area contributed by atoms with Crippen molar-refractivity contribution in [2.45, 2.75) is 33.7 Å². The Hall–Kier alpha value is -2.30. The van der Waals surface area contributed by atoms with E-state index < -0.39 is 5.97 Å². The van der Waals surface area contributed by atoms with E-state index in [0.717, 1.165) is 16.7 Å². The minimum absolute atomic E-state index is 0.0256. The van der Waals surface area contributed by atoms with Crippen LogP contribution in [-0.2, 0) is 0 Å². The number of carbonyl (C=O) groups is 1. The number of carboxylic acid groups (broad SMARTS) is 1. The summed E-state index contributed by atoms with van der Waals surface area (Å²) in [5, 5.41) is 13.7. The van der Waals surface area contributed by atoms with Gasteiger partial charge in [-0.3, -0.25) is 4.68 Å². The molecular weight excluding hydrogens is 268 g/mol. The van der Waals surface area contributed by atoms with Crippen molar-refractivity contribution >= 4 is 5.97 Å². The molecule has 0 saturated carbocycles. The topological polar surface area (TPSA) is 64.3 Å². The Morgan fingerprint density at radius 2 is 1.86 bits per heavy atom. The Morgan fingerprint density at radius 1 is 1.24 bits per heavy atom. The highest BCUT2D eigenvalue weighted by molar-refractivity contribution is 5.87. The van der Waals surface area contributed by atoms with Crippen LogP contribution in [0.5, 0.6) is 5.75 Å². The number of aromatic nitrogens is 2. The Kier molecular flexibility index (Phi) is 4.02. The first kappa shape index (κ1) is 15.1. The maximum Gasteiger partial charge on any atom is 0.354 e. The molecule has 0 aliphatic heterocycles. The molecule has 0 aliphatic carbocycles.